The zero-order valence-corrected chi connectivity index (χ0v) is 69.4. The standard InChI is InChI=1S/C81H92Cl2F3N13O28/c1-32(2)18-46(89-5)71(111)96-62-64(106)35-7-14-50(44(82)20-35)122-52-22-37-23-53(68(52)126-78-69(67(109)66(108)54(30-100)124-78)125-57-27-80(4,70(110)33(3)121-57)90-28-41-29-99(16-17-119-41)79(118)91-38-9-11-40(12-10-38)127-81(84,85)86)123-51-15-8-36(21-45(51)83)65(107)63-76(116)95-61(77(117)98-120-31-56(88)105)43-24-39(101)25-49(103)58(43)42-19-34(6-13-48(42)102)59(73(113)97-63)94-74(114)60(37)93-72(112)47(26-55(87)104)92-75(62)115/h6-15,19-25,32-33,41,46-47,54,57,59-67,69-70,78,89-90,100-103,106-110H,16-18,26-31H2,1-5H3,(H2,87,104)(H2,88,105)(H,91,118)(H,92,115)(H,93,112)(H,94,114)(H,95,116)(H,96,111)(H,97,113)(H,98,117)/t33-,41?,46+,47-,54+,57-,59+,60+,61+,62+,63-,64+,65+,66+,67-,69+,70+,78-,80-/m0/s1. The molecule has 0 saturated carbocycles. The van der Waals surface area contributed by atoms with Gasteiger partial charge in [-0.15, -0.1) is 13.2 Å². The summed E-state index contributed by atoms with van der Waals surface area (Å²) in [6.45, 7) is 4.60. The topological polar surface area (TPSA) is 611 Å². The van der Waals surface area contributed by atoms with Crippen molar-refractivity contribution < 1.29 is 150 Å². The second kappa shape index (κ2) is 39.7. The van der Waals surface area contributed by atoms with Crippen molar-refractivity contribution >= 4 is 88.1 Å². The van der Waals surface area contributed by atoms with Gasteiger partial charge >= 0.3 is 12.4 Å². The largest absolute Gasteiger partial charge is 0.573 e. The number of phenolic OH excluding ortho intramolecular Hbond substituents is 3. The molecular formula is C81H92Cl2F3N13O28. The number of nitrogens with one attached hydrogen (secondary N) is 10. The number of nitrogens with two attached hydrogens (primary N) is 2. The third-order valence-electron chi connectivity index (χ3n) is 21.6. The minimum absolute atomic E-state index is 0.0114. The van der Waals surface area contributed by atoms with E-state index in [2.05, 4.69) is 52.6 Å². The molecule has 41 nitrogen and oxygen atoms in total. The van der Waals surface area contributed by atoms with E-state index in [0.717, 1.165) is 84.9 Å². The highest BCUT2D eigenvalue weighted by Crippen LogP contribution is 2.50. The Morgan fingerprint density at radius 1 is 0.717 bits per heavy atom. The number of likely N-dealkylation sites (N-methyl/N-ethyl adjacent to an activating group) is 1. The number of alkyl halides is 3. The zero-order chi connectivity index (χ0) is 92.1. The maximum atomic E-state index is 16.3. The average molecular weight is 1820 g/mol. The minimum Gasteiger partial charge on any atom is -0.508 e. The number of nitrogens with zero attached hydrogens (tertiary/aromatic N) is 1. The van der Waals surface area contributed by atoms with Gasteiger partial charge in [-0.1, -0.05) is 55.2 Å². The lowest BCUT2D eigenvalue weighted by atomic mass is 9.84. The number of ether oxygens (including phenoxy) is 8. The van der Waals surface area contributed by atoms with Gasteiger partial charge in [-0.05, 0) is 140 Å². The predicted octanol–water partition coefficient (Wildman–Crippen LogP) is 1.02. The van der Waals surface area contributed by atoms with Crippen molar-refractivity contribution in [1.82, 2.24) is 52.9 Å². The van der Waals surface area contributed by atoms with Crippen molar-refractivity contribution in [1.29, 1.82) is 0 Å². The van der Waals surface area contributed by atoms with Gasteiger partial charge < -0.3 is 148 Å². The Hall–Kier alpha value is -11.7. The number of hydroxylamine groups is 1. The van der Waals surface area contributed by atoms with Gasteiger partial charge in [0.05, 0.1) is 54.0 Å². The number of anilines is 1. The number of phenols is 3. The number of hydrogen-bond donors (Lipinski definition) is 21. The smallest absolute Gasteiger partial charge is 0.508 e. The zero-order valence-electron chi connectivity index (χ0n) is 67.9. The van der Waals surface area contributed by atoms with Crippen molar-refractivity contribution in [2.24, 2.45) is 17.4 Å². The van der Waals surface area contributed by atoms with Crippen molar-refractivity contribution in [3.8, 4) is 62.9 Å². The van der Waals surface area contributed by atoms with Gasteiger partial charge in [0.2, 0.25) is 59.3 Å². The molecule has 8 aliphatic heterocycles. The van der Waals surface area contributed by atoms with Crippen molar-refractivity contribution in [3.63, 3.8) is 0 Å². The van der Waals surface area contributed by atoms with Crippen LogP contribution in [0.25, 0.3) is 11.1 Å². The summed E-state index contributed by atoms with van der Waals surface area (Å²) >= 11 is 14.3. The van der Waals surface area contributed by atoms with Crippen molar-refractivity contribution in [2.45, 2.75) is 169 Å². The molecule has 684 valence electrons. The van der Waals surface area contributed by atoms with Gasteiger partial charge in [0.15, 0.2) is 30.5 Å². The van der Waals surface area contributed by atoms with E-state index in [1.165, 1.54) is 37.1 Å². The fraction of sp³-hybridized carbons (Fsp3) is 0.432. The molecule has 1 unspecified atom stereocenters. The molecule has 23 N–H and O–H groups in total. The molecule has 6 aromatic carbocycles. The summed E-state index contributed by atoms with van der Waals surface area (Å²) < 4.78 is 88.0. The number of rotatable bonds is 21. The van der Waals surface area contributed by atoms with Crippen LogP contribution in [0.3, 0.4) is 0 Å². The van der Waals surface area contributed by atoms with Gasteiger partial charge in [0, 0.05) is 54.5 Å². The molecule has 3 saturated heterocycles. The molecule has 0 aliphatic carbocycles. The van der Waals surface area contributed by atoms with Crippen LogP contribution < -0.4 is 83.7 Å². The molecule has 0 aromatic heterocycles. The lowest BCUT2D eigenvalue weighted by molar-refractivity contribution is -0.334. The highest BCUT2D eigenvalue weighted by Gasteiger charge is 2.53. The highest BCUT2D eigenvalue weighted by molar-refractivity contribution is 6.32. The van der Waals surface area contributed by atoms with Gasteiger partial charge in [-0.3, -0.25) is 48.0 Å². The van der Waals surface area contributed by atoms with Gasteiger partial charge in [0.25, 0.3) is 5.91 Å². The summed E-state index contributed by atoms with van der Waals surface area (Å²) in [5.74, 6) is -18.0. The van der Waals surface area contributed by atoms with E-state index in [-0.39, 0.29) is 61.8 Å². The Bertz CT molecular complexity index is 5170. The fourth-order valence-electron chi connectivity index (χ4n) is 15.2. The number of urea groups is 1. The maximum absolute atomic E-state index is 16.3. The summed E-state index contributed by atoms with van der Waals surface area (Å²) in [6, 6.07) is 2.38. The molecule has 0 spiro atoms. The first-order valence-corrected chi connectivity index (χ1v) is 40.3. The van der Waals surface area contributed by atoms with Gasteiger partial charge in [-0.25, -0.2) is 10.3 Å². The van der Waals surface area contributed by atoms with E-state index in [4.69, 9.17) is 72.7 Å². The number of primary amides is 2. The van der Waals surface area contributed by atoms with Gasteiger partial charge in [0.1, 0.15) is 101 Å². The van der Waals surface area contributed by atoms with Crippen molar-refractivity contribution in [2.75, 3.05) is 51.8 Å². The lowest BCUT2D eigenvalue weighted by Gasteiger charge is -2.49. The molecule has 8 aliphatic rings. The van der Waals surface area contributed by atoms with Crippen LogP contribution in [0, 0.1) is 5.92 Å². The molecule has 14 rings (SSSR count). The van der Waals surface area contributed by atoms with Crippen LogP contribution in [0.15, 0.2) is 103 Å². The molecule has 11 bridgehead atoms. The van der Waals surface area contributed by atoms with E-state index < -0.39 is 290 Å². The van der Waals surface area contributed by atoms with Crippen LogP contribution in [0.1, 0.15) is 105 Å². The van der Waals surface area contributed by atoms with Crippen LogP contribution in [0.2, 0.25) is 10.0 Å². The number of morpholine rings is 1. The third-order valence-corrected chi connectivity index (χ3v) is 22.2. The maximum Gasteiger partial charge on any atom is 0.573 e. The van der Waals surface area contributed by atoms with E-state index >= 15 is 24.0 Å². The normalized spacial score (nSPS) is 27.1. The molecule has 19 atom stereocenters. The molecule has 11 amide bonds. The van der Waals surface area contributed by atoms with Crippen molar-refractivity contribution in [3.05, 3.63) is 141 Å². The number of aromatic hydroxyl groups is 3. The number of aliphatic hydroxyl groups excluding tert-OH is 6. The Kier molecular flexibility index (Phi) is 29.5. The van der Waals surface area contributed by atoms with Crippen LogP contribution in [0.4, 0.5) is 23.7 Å². The van der Waals surface area contributed by atoms with E-state index in [9.17, 15) is 83.1 Å². The SMILES string of the molecule is CN[C@H](CC(C)C)C(=O)N[C@H]1C(=O)N[C@@H](CC(N)=O)C(=O)N[C@H]2C(=O)N[C@H]3C(=O)N[C@H](C(=O)N[C@@H](C(=O)NOCC(N)=O)c4cc(O)cc(O)c4-c4cc3ccc4O)[C@H](O)c3ccc(c(Cl)c3)Oc3cc2cc(c3O[C@@H]2O[C@H](CO)[C@@H](O)[C@H](O)[C@H]2O[C@H]2C[C@](C)(NCC3CN(C(=O)Nc4ccc(OC(F)(F)F)cc4)CCO3)[C@H](O)[C@H](C)O2)Oc2ccc(cc2Cl)[C@H]1O. The van der Waals surface area contributed by atoms with E-state index in [1.807, 2.05) is 5.48 Å². The number of halogens is 5. The molecule has 3 fully saturated rings. The summed E-state index contributed by atoms with van der Waals surface area (Å²) in [6.07, 6.45) is -25.7. The second-order valence-electron chi connectivity index (χ2n) is 31.3. The number of fused-ring (bicyclic) bond motifs is 15. The Morgan fingerprint density at radius 3 is 1.98 bits per heavy atom. The first-order valence-electron chi connectivity index (χ1n) is 39.5. The monoisotopic (exact) mass is 1820 g/mol. The summed E-state index contributed by atoms with van der Waals surface area (Å²) in [4.78, 5) is 152. The van der Waals surface area contributed by atoms with Gasteiger partial charge in [-0.2, -0.15) is 0 Å². The van der Waals surface area contributed by atoms with Crippen LogP contribution >= 0.6 is 23.2 Å². The molecule has 8 heterocycles. The first-order chi connectivity index (χ1) is 60.1. The summed E-state index contributed by atoms with van der Waals surface area (Å²) in [5.41, 5.74) is 8.53. The van der Waals surface area contributed by atoms with E-state index in [0.29, 0.717) is 0 Å². The van der Waals surface area contributed by atoms with Crippen LogP contribution in [-0.4, -0.2) is 248 Å². The summed E-state index contributed by atoms with van der Waals surface area (Å²) in [7, 11) is 1.45. The molecule has 0 radical (unpaired) electrons. The predicted molar refractivity (Wildman–Crippen MR) is 432 cm³/mol. The first kappa shape index (κ1) is 94.4. The van der Waals surface area contributed by atoms with E-state index in [1.54, 1.807) is 20.8 Å². The average Bonchev–Trinajstić information content (AvgIpc) is 0.763. The third kappa shape index (κ3) is 22.1. The number of amides is 11. The lowest BCUT2D eigenvalue weighted by Crippen LogP contribution is -2.66. The molecule has 127 heavy (non-hydrogen) atoms. The summed E-state index contributed by atoms with van der Waals surface area (Å²) in [5, 5.41) is 129. The Labute approximate surface area is 729 Å². The fourth-order valence-corrected chi connectivity index (χ4v) is 15.7. The molecular weight excluding hydrogens is 1730 g/mol. The number of carbonyl (C=O) groups excluding carboxylic acids is 10. The molecule has 6 aromatic rings. The number of hydrogen-bond acceptors (Lipinski definition) is 30. The quantitative estimate of drug-likeness (QED) is 0.0447. The number of benzene rings is 6. The Balaban J connectivity index is 0.999. The number of carbonyl (C=O) groups is 10. The number of aliphatic hydroxyl groups is 6. The Morgan fingerprint density at radius 2 is 1.35 bits per heavy atom. The van der Waals surface area contributed by atoms with Crippen LogP contribution in [-0.2, 0) is 66.9 Å². The molecule has 46 heteroatoms. The second-order valence-corrected chi connectivity index (χ2v) is 32.1. The highest BCUT2D eigenvalue weighted by atomic mass is 35.5. The minimum atomic E-state index is -4.96. The van der Waals surface area contributed by atoms with Crippen LogP contribution in [0.5, 0.6) is 51.7 Å².